The molecule has 11 heteroatoms. The van der Waals surface area contributed by atoms with E-state index in [9.17, 15) is 27.6 Å². The monoisotopic (exact) mass is 434 g/mol. The van der Waals surface area contributed by atoms with Gasteiger partial charge in [0.2, 0.25) is 0 Å². The zero-order valence-electron chi connectivity index (χ0n) is 15.9. The first kappa shape index (κ1) is 21.7. The molecule has 0 spiro atoms. The standard InChI is InChI=1S/C20H17F3N4O4/c21-20(22,23)31-16-8-14(24)7-6-13(16)10-25-18(29)15-9-17(28)27(19(30)26-15)11-12-4-2-1-3-5-12/h1-9H,10-11,24H2,(H,25,29)(H,26,30). The highest BCUT2D eigenvalue weighted by atomic mass is 19.4. The maximum atomic E-state index is 12.6. The van der Waals surface area contributed by atoms with Gasteiger partial charge in [-0.15, -0.1) is 13.2 Å². The summed E-state index contributed by atoms with van der Waals surface area (Å²) < 4.78 is 42.6. The Labute approximate surface area is 173 Å². The van der Waals surface area contributed by atoms with Crippen molar-refractivity contribution in [3.63, 3.8) is 0 Å². The third-order valence-electron chi connectivity index (χ3n) is 4.21. The molecule has 3 rings (SSSR count). The third-order valence-corrected chi connectivity index (χ3v) is 4.21. The van der Waals surface area contributed by atoms with E-state index in [0.29, 0.717) is 5.56 Å². The maximum absolute atomic E-state index is 12.6. The van der Waals surface area contributed by atoms with Crippen LogP contribution in [-0.4, -0.2) is 21.8 Å². The number of H-pyrrole nitrogens is 1. The fourth-order valence-corrected chi connectivity index (χ4v) is 2.77. The number of anilines is 1. The Hall–Kier alpha value is -4.02. The predicted octanol–water partition coefficient (Wildman–Crippen LogP) is 2.00. The first-order valence-electron chi connectivity index (χ1n) is 8.93. The number of nitrogens with zero attached hydrogens (tertiary/aromatic N) is 1. The summed E-state index contributed by atoms with van der Waals surface area (Å²) in [6, 6.07) is 13.3. The number of nitrogens with two attached hydrogens (primary N) is 1. The van der Waals surface area contributed by atoms with Crippen molar-refractivity contribution >= 4 is 11.6 Å². The SMILES string of the molecule is Nc1ccc(CNC(=O)c2cc(=O)n(Cc3ccccc3)c(=O)[nH]2)c(OC(F)(F)F)c1. The van der Waals surface area contributed by atoms with Crippen LogP contribution in [0.15, 0.2) is 64.2 Å². The quantitative estimate of drug-likeness (QED) is 0.513. The average Bonchev–Trinajstić information content (AvgIpc) is 2.69. The van der Waals surface area contributed by atoms with E-state index < -0.39 is 29.3 Å². The van der Waals surface area contributed by atoms with Crippen molar-refractivity contribution in [2.45, 2.75) is 19.5 Å². The van der Waals surface area contributed by atoms with Gasteiger partial charge in [-0.3, -0.25) is 14.2 Å². The molecule has 4 N–H and O–H groups in total. The number of nitrogens with one attached hydrogen (secondary N) is 2. The lowest BCUT2D eigenvalue weighted by Crippen LogP contribution is -2.38. The van der Waals surface area contributed by atoms with E-state index >= 15 is 0 Å². The number of rotatable bonds is 6. The van der Waals surface area contributed by atoms with E-state index in [1.165, 1.54) is 12.1 Å². The highest BCUT2D eigenvalue weighted by Gasteiger charge is 2.32. The van der Waals surface area contributed by atoms with E-state index in [1.54, 1.807) is 30.3 Å². The molecule has 1 heterocycles. The van der Waals surface area contributed by atoms with Crippen molar-refractivity contribution in [3.05, 3.63) is 92.3 Å². The highest BCUT2D eigenvalue weighted by Crippen LogP contribution is 2.28. The van der Waals surface area contributed by atoms with E-state index in [1.807, 2.05) is 0 Å². The van der Waals surface area contributed by atoms with Gasteiger partial charge in [0.1, 0.15) is 11.4 Å². The lowest BCUT2D eigenvalue weighted by atomic mass is 10.1. The summed E-state index contributed by atoms with van der Waals surface area (Å²) in [5.41, 5.74) is 4.42. The molecule has 0 atom stereocenters. The molecule has 0 aliphatic heterocycles. The first-order valence-corrected chi connectivity index (χ1v) is 8.93. The van der Waals surface area contributed by atoms with Crippen LogP contribution in [0.25, 0.3) is 0 Å². The van der Waals surface area contributed by atoms with Crippen molar-refractivity contribution in [3.8, 4) is 5.75 Å². The average molecular weight is 434 g/mol. The molecule has 162 valence electrons. The molecule has 31 heavy (non-hydrogen) atoms. The minimum atomic E-state index is -4.94. The van der Waals surface area contributed by atoms with Crippen LogP contribution in [-0.2, 0) is 13.1 Å². The van der Waals surface area contributed by atoms with Crippen LogP contribution < -0.4 is 27.0 Å². The van der Waals surface area contributed by atoms with Crippen molar-refractivity contribution < 1.29 is 22.7 Å². The number of hydrogen-bond acceptors (Lipinski definition) is 5. The number of nitrogen functional groups attached to an aromatic ring is 1. The third kappa shape index (κ3) is 5.75. The number of aromatic nitrogens is 2. The van der Waals surface area contributed by atoms with Gasteiger partial charge in [-0.05, 0) is 11.6 Å². The lowest BCUT2D eigenvalue weighted by molar-refractivity contribution is -0.274. The van der Waals surface area contributed by atoms with Crippen LogP contribution in [0.4, 0.5) is 18.9 Å². The van der Waals surface area contributed by atoms with Crippen LogP contribution in [0.3, 0.4) is 0 Å². The van der Waals surface area contributed by atoms with E-state index in [2.05, 4.69) is 15.0 Å². The van der Waals surface area contributed by atoms with Crippen LogP contribution in [0.1, 0.15) is 21.6 Å². The summed E-state index contributed by atoms with van der Waals surface area (Å²) in [6.45, 7) is -0.347. The normalized spacial score (nSPS) is 11.2. The summed E-state index contributed by atoms with van der Waals surface area (Å²) in [4.78, 5) is 39.2. The summed E-state index contributed by atoms with van der Waals surface area (Å²) in [5.74, 6) is -1.42. The Balaban J connectivity index is 1.76. The second-order valence-corrected chi connectivity index (χ2v) is 6.50. The number of halogens is 3. The number of benzene rings is 2. The smallest absolute Gasteiger partial charge is 0.405 e. The molecule has 0 aliphatic carbocycles. The molecule has 1 amide bonds. The molecule has 0 saturated carbocycles. The van der Waals surface area contributed by atoms with Crippen molar-refractivity contribution in [1.29, 1.82) is 0 Å². The zero-order chi connectivity index (χ0) is 22.6. The van der Waals surface area contributed by atoms with Gasteiger partial charge in [0.05, 0.1) is 6.54 Å². The summed E-state index contributed by atoms with van der Waals surface area (Å²) in [5, 5.41) is 2.34. The second kappa shape index (κ2) is 8.78. The van der Waals surface area contributed by atoms with E-state index in [4.69, 9.17) is 5.73 Å². The van der Waals surface area contributed by atoms with Crippen molar-refractivity contribution in [2.75, 3.05) is 5.73 Å². The van der Waals surface area contributed by atoms with E-state index in [0.717, 1.165) is 16.7 Å². The molecule has 0 saturated heterocycles. The van der Waals surface area contributed by atoms with Gasteiger partial charge < -0.3 is 20.8 Å². The van der Waals surface area contributed by atoms with Gasteiger partial charge >= 0.3 is 12.1 Å². The Morgan fingerprint density at radius 2 is 1.81 bits per heavy atom. The number of hydrogen-bond donors (Lipinski definition) is 3. The van der Waals surface area contributed by atoms with Gasteiger partial charge in [-0.2, -0.15) is 0 Å². The maximum Gasteiger partial charge on any atom is 0.573 e. The Kier molecular flexibility index (Phi) is 6.14. The summed E-state index contributed by atoms with van der Waals surface area (Å²) in [6.07, 6.45) is -4.94. The lowest BCUT2D eigenvalue weighted by Gasteiger charge is -2.14. The number of aromatic amines is 1. The molecule has 3 aromatic rings. The van der Waals surface area contributed by atoms with Crippen LogP contribution in [0, 0.1) is 0 Å². The summed E-state index contributed by atoms with van der Waals surface area (Å²) in [7, 11) is 0. The fraction of sp³-hybridized carbons (Fsp3) is 0.150. The topological polar surface area (TPSA) is 119 Å². The van der Waals surface area contributed by atoms with Gasteiger partial charge in [0.15, 0.2) is 0 Å². The molecule has 0 aliphatic rings. The first-order chi connectivity index (χ1) is 14.6. The molecule has 0 bridgehead atoms. The second-order valence-electron chi connectivity index (χ2n) is 6.50. The van der Waals surface area contributed by atoms with Gasteiger partial charge in [0.25, 0.3) is 11.5 Å². The molecule has 0 unspecified atom stereocenters. The number of alkyl halides is 3. The van der Waals surface area contributed by atoms with Crippen LogP contribution >= 0.6 is 0 Å². The summed E-state index contributed by atoms with van der Waals surface area (Å²) >= 11 is 0. The fourth-order valence-electron chi connectivity index (χ4n) is 2.77. The number of carbonyl (C=O) groups excluding carboxylic acids is 1. The van der Waals surface area contributed by atoms with Crippen LogP contribution in [0.5, 0.6) is 5.75 Å². The molecule has 0 radical (unpaired) electrons. The Bertz CT molecular complexity index is 1170. The molecule has 1 aromatic heterocycles. The predicted molar refractivity (Wildman–Crippen MR) is 106 cm³/mol. The molecular formula is C20H17F3N4O4. The Morgan fingerprint density at radius 1 is 1.10 bits per heavy atom. The number of carbonyl (C=O) groups is 1. The van der Waals surface area contributed by atoms with Gasteiger partial charge in [0, 0.05) is 29.9 Å². The molecule has 0 fully saturated rings. The molecule has 8 nitrogen and oxygen atoms in total. The largest absolute Gasteiger partial charge is 0.573 e. The van der Waals surface area contributed by atoms with Crippen molar-refractivity contribution in [1.82, 2.24) is 14.9 Å². The van der Waals surface area contributed by atoms with Gasteiger partial charge in [-0.25, -0.2) is 4.79 Å². The van der Waals surface area contributed by atoms with Crippen LogP contribution in [0.2, 0.25) is 0 Å². The van der Waals surface area contributed by atoms with E-state index in [-0.39, 0.29) is 30.0 Å². The number of amides is 1. The molecule has 2 aromatic carbocycles. The Morgan fingerprint density at radius 3 is 2.45 bits per heavy atom. The van der Waals surface area contributed by atoms with Gasteiger partial charge in [-0.1, -0.05) is 36.4 Å². The zero-order valence-corrected chi connectivity index (χ0v) is 15.9. The highest BCUT2D eigenvalue weighted by molar-refractivity contribution is 5.92. The number of ether oxygens (including phenoxy) is 1. The minimum Gasteiger partial charge on any atom is -0.405 e. The van der Waals surface area contributed by atoms with Crippen molar-refractivity contribution in [2.24, 2.45) is 0 Å². The molecular weight excluding hydrogens is 417 g/mol. The minimum absolute atomic E-state index is 0.000332.